The lowest BCUT2D eigenvalue weighted by Crippen LogP contribution is -2.48. The summed E-state index contributed by atoms with van der Waals surface area (Å²) in [6.07, 6.45) is -0.651. The minimum Gasteiger partial charge on any atom is -0.433 e. The zero-order chi connectivity index (χ0) is 22.6. The maximum Gasteiger partial charge on any atom is 0.408 e. The van der Waals surface area contributed by atoms with Crippen molar-refractivity contribution in [1.82, 2.24) is 10.3 Å². The van der Waals surface area contributed by atoms with Crippen molar-refractivity contribution in [2.45, 2.75) is 45.8 Å². The highest BCUT2D eigenvalue weighted by Crippen LogP contribution is 2.39. The number of carbonyl (C=O) groups excluding carboxylic acids is 2. The van der Waals surface area contributed by atoms with Crippen LogP contribution >= 0.6 is 11.3 Å². The largest absolute Gasteiger partial charge is 0.433 e. The molecule has 2 N–H and O–H groups in total. The molecule has 0 unspecified atom stereocenters. The molecule has 0 saturated heterocycles. The second-order valence-corrected chi connectivity index (χ2v) is 9.66. The minimum atomic E-state index is -1.37. The van der Waals surface area contributed by atoms with Crippen LogP contribution in [0.15, 0.2) is 60.7 Å². The molecule has 2 amide bonds. The van der Waals surface area contributed by atoms with Crippen molar-refractivity contribution in [3.63, 3.8) is 0 Å². The summed E-state index contributed by atoms with van der Waals surface area (Å²) < 4.78 is 5.37. The fraction of sp³-hybridized carbons (Fsp3) is 0.292. The van der Waals surface area contributed by atoms with E-state index >= 15 is 0 Å². The first-order chi connectivity index (χ1) is 14.5. The highest BCUT2D eigenvalue weighted by Gasteiger charge is 2.34. The van der Waals surface area contributed by atoms with Gasteiger partial charge >= 0.3 is 6.09 Å². The van der Waals surface area contributed by atoms with Gasteiger partial charge in [0, 0.05) is 11.1 Å². The van der Waals surface area contributed by atoms with Crippen LogP contribution in [0, 0.1) is 0 Å². The first-order valence-corrected chi connectivity index (χ1v) is 10.8. The Morgan fingerprint density at radius 3 is 1.97 bits per heavy atom. The molecule has 1 heterocycles. The van der Waals surface area contributed by atoms with Gasteiger partial charge in [0.15, 0.2) is 10.7 Å². The van der Waals surface area contributed by atoms with Crippen molar-refractivity contribution in [2.24, 2.45) is 0 Å². The summed E-state index contributed by atoms with van der Waals surface area (Å²) in [5, 5.41) is 5.95. The summed E-state index contributed by atoms with van der Waals surface area (Å²) in [6, 6.07) is 19.7. The average molecular weight is 438 g/mol. The number of aromatic nitrogens is 1. The Labute approximate surface area is 186 Å². The molecule has 162 valence electrons. The van der Waals surface area contributed by atoms with Gasteiger partial charge in [-0.1, -0.05) is 72.0 Å². The van der Waals surface area contributed by atoms with Gasteiger partial charge in [-0.05, 0) is 40.2 Å². The molecule has 0 aliphatic rings. The van der Waals surface area contributed by atoms with Crippen LogP contribution in [0.5, 0.6) is 0 Å². The van der Waals surface area contributed by atoms with E-state index in [1.807, 2.05) is 81.4 Å². The molecule has 0 aliphatic heterocycles. The number of carbonyl (C=O) groups is 2. The van der Waals surface area contributed by atoms with Gasteiger partial charge in [0.25, 0.3) is 5.91 Å². The van der Waals surface area contributed by atoms with Crippen LogP contribution in [0.25, 0.3) is 21.7 Å². The highest BCUT2D eigenvalue weighted by molar-refractivity contribution is 7.19. The summed E-state index contributed by atoms with van der Waals surface area (Å²) in [7, 11) is 0. The normalized spacial score (nSPS) is 11.6. The topological polar surface area (TPSA) is 80.3 Å². The zero-order valence-electron chi connectivity index (χ0n) is 18.4. The predicted octanol–water partition coefficient (Wildman–Crippen LogP) is 5.72. The van der Waals surface area contributed by atoms with Crippen LogP contribution in [-0.4, -0.2) is 28.1 Å². The van der Waals surface area contributed by atoms with Gasteiger partial charge in [0.05, 0.1) is 10.6 Å². The molecule has 0 bridgehead atoms. The van der Waals surface area contributed by atoms with E-state index in [9.17, 15) is 9.59 Å². The number of hydrogen-bond donors (Lipinski definition) is 2. The molecule has 0 spiro atoms. The molecule has 0 radical (unpaired) electrons. The lowest BCUT2D eigenvalue weighted by atomic mass is 10.1. The van der Waals surface area contributed by atoms with Gasteiger partial charge in [0.2, 0.25) is 0 Å². The molecule has 2 aromatic carbocycles. The van der Waals surface area contributed by atoms with Crippen molar-refractivity contribution >= 4 is 28.5 Å². The van der Waals surface area contributed by atoms with E-state index in [1.165, 1.54) is 11.3 Å². The Kier molecular flexibility index (Phi) is 6.45. The van der Waals surface area contributed by atoms with Crippen molar-refractivity contribution in [2.75, 3.05) is 5.32 Å². The summed E-state index contributed by atoms with van der Waals surface area (Å²) in [4.78, 5) is 30.6. The lowest BCUT2D eigenvalue weighted by Gasteiger charge is -2.27. The number of alkyl carbamates (subject to hydrolysis) is 1. The molecular formula is C24H27N3O3S. The van der Waals surface area contributed by atoms with Crippen LogP contribution in [0.3, 0.4) is 0 Å². The summed E-state index contributed by atoms with van der Waals surface area (Å²) in [6.45, 7) is 8.62. The monoisotopic (exact) mass is 437 g/mol. The number of nitrogens with zero attached hydrogens (tertiary/aromatic N) is 1. The maximum absolute atomic E-state index is 12.9. The smallest absolute Gasteiger partial charge is 0.408 e. The standard InChI is InChI=1S/C24H27N3O3S/c1-23(2,3)27-22(29)30-24(4,5)20(28)26-21-25-18(16-12-8-6-9-13-16)19(31-21)17-14-10-7-11-15-17/h6-15H,1-5H3,(H,27,29)(H,25,26,28). The van der Waals surface area contributed by atoms with Crippen molar-refractivity contribution in [3.8, 4) is 21.7 Å². The highest BCUT2D eigenvalue weighted by atomic mass is 32.1. The van der Waals surface area contributed by atoms with Gasteiger partial charge in [-0.15, -0.1) is 0 Å². The van der Waals surface area contributed by atoms with Gasteiger partial charge in [0.1, 0.15) is 0 Å². The Hall–Kier alpha value is -3.19. The van der Waals surface area contributed by atoms with E-state index in [-0.39, 0.29) is 0 Å². The molecule has 0 aliphatic carbocycles. The summed E-state index contributed by atoms with van der Waals surface area (Å²) >= 11 is 1.38. The Bertz CT molecular complexity index is 998. The minimum absolute atomic E-state index is 0.440. The molecule has 3 rings (SSSR count). The van der Waals surface area contributed by atoms with E-state index in [0.717, 1.165) is 21.7 Å². The van der Waals surface area contributed by atoms with E-state index in [0.29, 0.717) is 5.13 Å². The van der Waals surface area contributed by atoms with Gasteiger partial charge in [-0.25, -0.2) is 9.78 Å². The van der Waals surface area contributed by atoms with Crippen molar-refractivity contribution < 1.29 is 14.3 Å². The van der Waals surface area contributed by atoms with Crippen LogP contribution in [0.2, 0.25) is 0 Å². The number of ether oxygens (including phenoxy) is 1. The molecule has 6 nitrogen and oxygen atoms in total. The molecule has 0 saturated carbocycles. The SMILES string of the molecule is CC(C)(C)NC(=O)OC(C)(C)C(=O)Nc1nc(-c2ccccc2)c(-c2ccccc2)s1. The summed E-state index contributed by atoms with van der Waals surface area (Å²) in [5.41, 5.74) is 0.920. The number of anilines is 1. The quantitative estimate of drug-likeness (QED) is 0.535. The number of nitrogens with one attached hydrogen (secondary N) is 2. The molecule has 31 heavy (non-hydrogen) atoms. The summed E-state index contributed by atoms with van der Waals surface area (Å²) in [5.74, 6) is -0.454. The average Bonchev–Trinajstić information content (AvgIpc) is 3.11. The lowest BCUT2D eigenvalue weighted by molar-refractivity contribution is -0.131. The Morgan fingerprint density at radius 1 is 0.871 bits per heavy atom. The zero-order valence-corrected chi connectivity index (χ0v) is 19.2. The first-order valence-electron chi connectivity index (χ1n) is 9.99. The third-order valence-electron chi connectivity index (χ3n) is 4.30. The number of benzene rings is 2. The molecule has 7 heteroatoms. The number of rotatable bonds is 5. The van der Waals surface area contributed by atoms with E-state index in [4.69, 9.17) is 4.74 Å². The van der Waals surface area contributed by atoms with Crippen molar-refractivity contribution in [1.29, 1.82) is 0 Å². The van der Waals surface area contributed by atoms with Crippen molar-refractivity contribution in [3.05, 3.63) is 60.7 Å². The van der Waals surface area contributed by atoms with E-state index in [1.54, 1.807) is 13.8 Å². The fourth-order valence-electron chi connectivity index (χ4n) is 2.81. The van der Waals surface area contributed by atoms with Gasteiger partial charge in [-0.2, -0.15) is 0 Å². The molecule has 3 aromatic rings. The third kappa shape index (κ3) is 5.92. The third-order valence-corrected chi connectivity index (χ3v) is 5.32. The number of amides is 2. The van der Waals surface area contributed by atoms with Crippen LogP contribution in [-0.2, 0) is 9.53 Å². The van der Waals surface area contributed by atoms with Crippen LogP contribution in [0.1, 0.15) is 34.6 Å². The first kappa shape index (κ1) is 22.5. The van der Waals surface area contributed by atoms with Crippen LogP contribution in [0.4, 0.5) is 9.93 Å². The second-order valence-electron chi connectivity index (χ2n) is 8.66. The van der Waals surface area contributed by atoms with Crippen LogP contribution < -0.4 is 10.6 Å². The predicted molar refractivity (Wildman–Crippen MR) is 125 cm³/mol. The molecule has 1 aromatic heterocycles. The fourth-order valence-corrected chi connectivity index (χ4v) is 3.80. The van der Waals surface area contributed by atoms with Gasteiger partial charge < -0.3 is 10.1 Å². The van der Waals surface area contributed by atoms with E-state index < -0.39 is 23.1 Å². The maximum atomic E-state index is 12.9. The second kappa shape index (κ2) is 8.89. The molecule has 0 fully saturated rings. The van der Waals surface area contributed by atoms with E-state index in [2.05, 4.69) is 15.6 Å². The Morgan fingerprint density at radius 2 is 1.42 bits per heavy atom. The number of thiazole rings is 1. The molecule has 0 atom stereocenters. The van der Waals surface area contributed by atoms with Gasteiger partial charge in [-0.3, -0.25) is 10.1 Å². The molecular weight excluding hydrogens is 410 g/mol. The number of hydrogen-bond acceptors (Lipinski definition) is 5. The Balaban J connectivity index is 1.85.